The third-order valence-corrected chi connectivity index (χ3v) is 7.70. The highest BCUT2D eigenvalue weighted by Crippen LogP contribution is 2.22. The maximum atomic E-state index is 13.4. The molecule has 0 fully saturated rings. The average Bonchev–Trinajstić information content (AvgIpc) is 3.46. The maximum Gasteiger partial charge on any atom is 0.386 e. The van der Waals surface area contributed by atoms with E-state index in [0.717, 1.165) is 10.9 Å². The second kappa shape index (κ2) is 7.66. The van der Waals surface area contributed by atoms with Gasteiger partial charge in [0.05, 0.1) is 18.0 Å². The summed E-state index contributed by atoms with van der Waals surface area (Å²) in [6.07, 6.45) is 4.88. The molecule has 3 heterocycles. The van der Waals surface area contributed by atoms with E-state index in [4.69, 9.17) is 0 Å². The molecular weight excluding hydrogens is 430 g/mol. The third kappa shape index (κ3) is 3.40. The van der Waals surface area contributed by atoms with Crippen LogP contribution in [0.15, 0.2) is 90.2 Å². The van der Waals surface area contributed by atoms with Gasteiger partial charge in [-0.05, 0) is 23.9 Å². The Hall–Kier alpha value is -3.46. The minimum atomic E-state index is -3.84. The molecule has 0 spiro atoms. The Morgan fingerprint density at radius 2 is 1.84 bits per heavy atom. The number of carbonyl (C=O) groups excluding carboxylic acids is 1. The summed E-state index contributed by atoms with van der Waals surface area (Å²) in [6, 6.07) is 19.5. The van der Waals surface area contributed by atoms with Gasteiger partial charge >= 0.3 is 10.0 Å². The Kier molecular flexibility index (Phi) is 4.82. The van der Waals surface area contributed by atoms with Crippen molar-refractivity contribution in [2.24, 2.45) is 0 Å². The number of benzene rings is 2. The van der Waals surface area contributed by atoms with Crippen molar-refractivity contribution in [2.75, 3.05) is 0 Å². The molecule has 1 aliphatic heterocycles. The lowest BCUT2D eigenvalue weighted by atomic mass is 10.0. The first-order valence-electron chi connectivity index (χ1n) is 9.50. The number of hydrogen-bond donors (Lipinski definition) is 1. The van der Waals surface area contributed by atoms with E-state index in [-0.39, 0.29) is 10.7 Å². The number of ketones is 1. The number of Topliss-reactive ketones (excluding diaryl/α,β-unsaturated/α-hetero) is 1. The highest BCUT2D eigenvalue weighted by atomic mass is 32.2. The van der Waals surface area contributed by atoms with Crippen LogP contribution in [0.3, 0.4) is 0 Å². The van der Waals surface area contributed by atoms with Crippen molar-refractivity contribution in [3.8, 4) is 0 Å². The molecule has 0 atom stereocenters. The zero-order valence-corrected chi connectivity index (χ0v) is 17.8. The summed E-state index contributed by atoms with van der Waals surface area (Å²) in [6.45, 7) is 0. The summed E-state index contributed by atoms with van der Waals surface area (Å²) in [5.74, 6) is -0.218. The summed E-state index contributed by atoms with van der Waals surface area (Å²) in [5.41, 5.74) is 1.75. The molecule has 2 aromatic heterocycles. The van der Waals surface area contributed by atoms with Crippen LogP contribution in [0.5, 0.6) is 0 Å². The van der Waals surface area contributed by atoms with Crippen molar-refractivity contribution >= 4 is 43.4 Å². The van der Waals surface area contributed by atoms with Gasteiger partial charge in [0, 0.05) is 0 Å². The lowest BCUT2D eigenvalue weighted by Crippen LogP contribution is -2.86. The number of fused-ring (bicyclic) bond motifs is 1. The molecule has 154 valence electrons. The fourth-order valence-corrected chi connectivity index (χ4v) is 5.78. The van der Waals surface area contributed by atoms with E-state index in [1.165, 1.54) is 21.5 Å². The van der Waals surface area contributed by atoms with E-state index < -0.39 is 10.0 Å². The van der Waals surface area contributed by atoms with Crippen LogP contribution in [-0.2, 0) is 21.4 Å². The fraction of sp³-hybridized carbons (Fsp3) is 0. The van der Waals surface area contributed by atoms with Crippen LogP contribution in [0.2, 0.25) is 0 Å². The predicted molar refractivity (Wildman–Crippen MR) is 118 cm³/mol. The van der Waals surface area contributed by atoms with E-state index in [1.807, 2.05) is 17.4 Å². The number of hydrogen-bond acceptors (Lipinski definition) is 4. The van der Waals surface area contributed by atoms with E-state index in [2.05, 4.69) is 4.98 Å². The highest BCUT2D eigenvalue weighted by molar-refractivity contribution is 7.85. The first kappa shape index (κ1) is 19.5. The van der Waals surface area contributed by atoms with E-state index in [0.29, 0.717) is 22.5 Å². The standard InChI is InChI=1S/C23H17N3O3S2/c27-22(20-15-30-23(25-20)16-7-6-12-24-13-16)19-14-26(21-11-5-4-10-18(19)21)31(28,29)17-8-2-1-3-9-17/h1-15H,25H2. The van der Waals surface area contributed by atoms with Crippen molar-refractivity contribution in [1.29, 1.82) is 0 Å². The van der Waals surface area contributed by atoms with Crippen molar-refractivity contribution in [1.82, 2.24) is 4.98 Å². The Labute approximate surface area is 183 Å². The first-order chi connectivity index (χ1) is 15.1. The molecule has 0 saturated heterocycles. The van der Waals surface area contributed by atoms with Crippen molar-refractivity contribution < 1.29 is 22.5 Å². The number of aromatic nitrogens is 2. The number of nitrogens with zero attached hydrogens (tertiary/aromatic N) is 2. The summed E-state index contributed by atoms with van der Waals surface area (Å²) in [4.78, 5) is 17.7. The van der Waals surface area contributed by atoms with Gasteiger partial charge in [-0.1, -0.05) is 47.5 Å². The van der Waals surface area contributed by atoms with Crippen molar-refractivity contribution in [3.63, 3.8) is 0 Å². The monoisotopic (exact) mass is 447 g/mol. The molecule has 6 nitrogen and oxygen atoms in total. The highest BCUT2D eigenvalue weighted by Gasteiger charge is 2.33. The van der Waals surface area contributed by atoms with Crippen LogP contribution in [0, 0.1) is 11.4 Å². The molecule has 0 radical (unpaired) electrons. The van der Waals surface area contributed by atoms with Crippen LogP contribution in [0.25, 0.3) is 10.9 Å². The van der Waals surface area contributed by atoms with Gasteiger partial charge in [0.25, 0.3) is 5.37 Å². The van der Waals surface area contributed by atoms with Gasteiger partial charge in [0.1, 0.15) is 10.4 Å². The van der Waals surface area contributed by atoms with Crippen molar-refractivity contribution in [2.45, 2.75) is 4.90 Å². The number of para-hydroxylation sites is 1. The molecule has 0 unspecified atom stereocenters. The summed E-state index contributed by atoms with van der Waals surface area (Å²) < 4.78 is 27.7. The first-order valence-corrected chi connectivity index (χ1v) is 11.8. The van der Waals surface area contributed by atoms with Crippen LogP contribution in [0.4, 0.5) is 0 Å². The van der Waals surface area contributed by atoms with Gasteiger partial charge in [-0.3, -0.25) is 0 Å². The number of quaternary nitrogens is 1. The Balaban J connectivity index is 1.53. The summed E-state index contributed by atoms with van der Waals surface area (Å²) >= 11 is 1.45. The number of pyridine rings is 1. The van der Waals surface area contributed by atoms with Crippen LogP contribution >= 0.6 is 0 Å². The minimum Gasteiger partial charge on any atom is -0.346 e. The van der Waals surface area contributed by atoms with Crippen LogP contribution in [-0.4, -0.2) is 24.6 Å². The topological polar surface area (TPSA) is 84.6 Å². The van der Waals surface area contributed by atoms with Gasteiger partial charge < -0.3 is 15.1 Å². The molecule has 4 aromatic rings. The molecule has 0 saturated carbocycles. The predicted octanol–water partition coefficient (Wildman–Crippen LogP) is 1.19. The van der Waals surface area contributed by atoms with Gasteiger partial charge in [-0.25, -0.2) is 0 Å². The molecule has 0 amide bonds. The second-order valence-corrected chi connectivity index (χ2v) is 9.67. The van der Waals surface area contributed by atoms with E-state index in [9.17, 15) is 13.2 Å². The van der Waals surface area contributed by atoms with E-state index >= 15 is 0 Å². The smallest absolute Gasteiger partial charge is 0.346 e. The molecule has 0 bridgehead atoms. The zero-order chi connectivity index (χ0) is 21.4. The minimum absolute atomic E-state index is 0.171. The molecular formula is C23H17N3O3S2. The molecule has 2 N–H and O–H groups in total. The Morgan fingerprint density at radius 3 is 2.61 bits per heavy atom. The van der Waals surface area contributed by atoms with E-state index in [1.54, 1.807) is 72.4 Å². The number of nitrogens with two attached hydrogens (primary N) is 1. The molecule has 0 aliphatic carbocycles. The van der Waals surface area contributed by atoms with Crippen molar-refractivity contribution in [3.05, 3.63) is 108 Å². The lowest BCUT2D eigenvalue weighted by molar-refractivity contribution is -0.580. The Morgan fingerprint density at radius 1 is 1.03 bits per heavy atom. The quantitative estimate of drug-likeness (QED) is 0.164. The van der Waals surface area contributed by atoms with Gasteiger partial charge in [0.15, 0.2) is 16.7 Å². The van der Waals surface area contributed by atoms with Crippen LogP contribution < -0.4 is 9.29 Å². The average molecular weight is 448 g/mol. The lowest BCUT2D eigenvalue weighted by Gasteiger charge is -2.14. The van der Waals surface area contributed by atoms with Gasteiger partial charge in [-0.15, -0.1) is 24.3 Å². The number of carbonyl (C=O) groups is 1. The maximum absolute atomic E-state index is 13.4. The normalized spacial score (nSPS) is 13.8. The molecule has 31 heavy (non-hydrogen) atoms. The number of rotatable bonds is 5. The SMILES string of the molecule is O=C(c1c[n+](S(=O)(=O)c2ccccc2)[c-]2ccccc12)[C-]1C=[S+][C-](c2cccnc2)[NH2+]1. The largest absolute Gasteiger partial charge is 0.386 e. The third-order valence-electron chi connectivity index (χ3n) is 5.03. The van der Waals surface area contributed by atoms with Crippen LogP contribution in [0.1, 0.15) is 15.9 Å². The summed E-state index contributed by atoms with van der Waals surface area (Å²) in [5, 5.41) is 5.14. The molecule has 2 aromatic carbocycles. The fourth-order valence-electron chi connectivity index (χ4n) is 3.51. The molecule has 1 aliphatic rings. The summed E-state index contributed by atoms with van der Waals surface area (Å²) in [7, 11) is -3.84. The van der Waals surface area contributed by atoms with Gasteiger partial charge in [-0.2, -0.15) is 12.4 Å². The second-order valence-electron chi connectivity index (χ2n) is 6.94. The zero-order valence-electron chi connectivity index (χ0n) is 16.2. The molecule has 8 heteroatoms. The Bertz CT molecular complexity index is 1400. The molecule has 5 rings (SSSR count). The van der Waals surface area contributed by atoms with Gasteiger partial charge in [0.2, 0.25) is 0 Å².